The molecule has 0 saturated carbocycles. The minimum absolute atomic E-state index is 0.210. The molecule has 0 aromatic heterocycles. The van der Waals surface area contributed by atoms with Crippen molar-refractivity contribution < 1.29 is 4.39 Å². The van der Waals surface area contributed by atoms with Crippen LogP contribution in [0.3, 0.4) is 0 Å². The molecule has 0 aliphatic rings. The molecule has 0 unspecified atom stereocenters. The van der Waals surface area contributed by atoms with E-state index in [-0.39, 0.29) is 5.82 Å². The Morgan fingerprint density at radius 3 is 2.59 bits per heavy atom. The predicted molar refractivity (Wildman–Crippen MR) is 69.6 cm³/mol. The normalized spacial score (nSPS) is 10.3. The third kappa shape index (κ3) is 2.84. The Bertz CT molecular complexity index is 520. The fourth-order valence-corrected chi connectivity index (χ4v) is 1.79. The molecular formula is C15H16FN. The highest BCUT2D eigenvalue weighted by Gasteiger charge is 2.02. The third-order valence-electron chi connectivity index (χ3n) is 2.85. The van der Waals surface area contributed by atoms with Crippen molar-refractivity contribution in [1.29, 1.82) is 0 Å². The standard InChI is InChI=1S/C15H16FN/c1-11-7-8-12(2)13(9-11)10-17-15-6-4-3-5-14(15)16/h3-9,17H,10H2,1-2H3. The van der Waals surface area contributed by atoms with Crippen LogP contribution in [0.4, 0.5) is 10.1 Å². The number of para-hydroxylation sites is 1. The van der Waals surface area contributed by atoms with Crippen LogP contribution in [0.2, 0.25) is 0 Å². The third-order valence-corrected chi connectivity index (χ3v) is 2.85. The summed E-state index contributed by atoms with van der Waals surface area (Å²) in [6.45, 7) is 4.78. The Morgan fingerprint density at radius 2 is 1.82 bits per heavy atom. The van der Waals surface area contributed by atoms with E-state index in [0.717, 1.165) is 0 Å². The van der Waals surface area contributed by atoms with Gasteiger partial charge < -0.3 is 5.32 Å². The smallest absolute Gasteiger partial charge is 0.146 e. The molecule has 1 nitrogen and oxygen atoms in total. The van der Waals surface area contributed by atoms with Crippen molar-refractivity contribution in [3.8, 4) is 0 Å². The summed E-state index contributed by atoms with van der Waals surface area (Å²) in [4.78, 5) is 0. The molecule has 0 saturated heterocycles. The monoisotopic (exact) mass is 229 g/mol. The summed E-state index contributed by atoms with van der Waals surface area (Å²) in [5.74, 6) is -0.210. The minimum Gasteiger partial charge on any atom is -0.379 e. The fraction of sp³-hybridized carbons (Fsp3) is 0.200. The Labute approximate surface area is 101 Å². The summed E-state index contributed by atoms with van der Waals surface area (Å²) in [5.41, 5.74) is 4.20. The Kier molecular flexibility index (Phi) is 3.43. The SMILES string of the molecule is Cc1ccc(C)c(CNc2ccccc2F)c1. The molecule has 2 aromatic rings. The van der Waals surface area contributed by atoms with Crippen molar-refractivity contribution >= 4 is 5.69 Å². The van der Waals surface area contributed by atoms with Gasteiger partial charge in [-0.05, 0) is 37.1 Å². The second kappa shape index (κ2) is 5.00. The fourth-order valence-electron chi connectivity index (χ4n) is 1.79. The van der Waals surface area contributed by atoms with Gasteiger partial charge in [-0.2, -0.15) is 0 Å². The van der Waals surface area contributed by atoms with Gasteiger partial charge in [-0.3, -0.25) is 0 Å². The van der Waals surface area contributed by atoms with Crippen LogP contribution < -0.4 is 5.32 Å². The van der Waals surface area contributed by atoms with Crippen molar-refractivity contribution in [2.45, 2.75) is 20.4 Å². The summed E-state index contributed by atoms with van der Waals surface area (Å²) in [5, 5.41) is 3.12. The number of anilines is 1. The number of nitrogens with one attached hydrogen (secondary N) is 1. The van der Waals surface area contributed by atoms with Crippen molar-refractivity contribution in [2.75, 3.05) is 5.32 Å². The van der Waals surface area contributed by atoms with Gasteiger partial charge in [0, 0.05) is 6.54 Å². The molecule has 0 amide bonds. The van der Waals surface area contributed by atoms with Crippen LogP contribution >= 0.6 is 0 Å². The summed E-state index contributed by atoms with van der Waals surface area (Å²) in [6, 6.07) is 13.0. The van der Waals surface area contributed by atoms with Gasteiger partial charge in [-0.15, -0.1) is 0 Å². The first-order valence-electron chi connectivity index (χ1n) is 5.71. The number of aryl methyl sites for hydroxylation is 2. The average molecular weight is 229 g/mol. The lowest BCUT2D eigenvalue weighted by Crippen LogP contribution is -2.03. The zero-order chi connectivity index (χ0) is 12.3. The quantitative estimate of drug-likeness (QED) is 0.837. The summed E-state index contributed by atoms with van der Waals surface area (Å²) in [6.07, 6.45) is 0. The van der Waals surface area contributed by atoms with E-state index >= 15 is 0 Å². The van der Waals surface area contributed by atoms with Crippen LogP contribution in [0.15, 0.2) is 42.5 Å². The molecule has 0 aliphatic heterocycles. The molecule has 0 heterocycles. The molecule has 2 rings (SSSR count). The van der Waals surface area contributed by atoms with Crippen LogP contribution in [-0.4, -0.2) is 0 Å². The van der Waals surface area contributed by atoms with Gasteiger partial charge in [0.05, 0.1) is 5.69 Å². The molecule has 0 radical (unpaired) electrons. The highest BCUT2D eigenvalue weighted by atomic mass is 19.1. The van der Waals surface area contributed by atoms with Crippen molar-refractivity contribution in [3.05, 3.63) is 65.0 Å². The molecule has 0 bridgehead atoms. The van der Waals surface area contributed by atoms with E-state index in [4.69, 9.17) is 0 Å². The first-order chi connectivity index (χ1) is 8.16. The Hall–Kier alpha value is -1.83. The number of benzene rings is 2. The minimum atomic E-state index is -0.210. The van der Waals surface area contributed by atoms with Crippen LogP contribution in [0.25, 0.3) is 0 Å². The summed E-state index contributed by atoms with van der Waals surface area (Å²) < 4.78 is 13.4. The highest BCUT2D eigenvalue weighted by molar-refractivity contribution is 5.45. The second-order valence-corrected chi connectivity index (χ2v) is 4.26. The number of hydrogen-bond acceptors (Lipinski definition) is 1. The molecule has 17 heavy (non-hydrogen) atoms. The van der Waals surface area contributed by atoms with E-state index in [9.17, 15) is 4.39 Å². The number of halogens is 1. The largest absolute Gasteiger partial charge is 0.379 e. The molecular weight excluding hydrogens is 213 g/mol. The van der Waals surface area contributed by atoms with E-state index in [2.05, 4.69) is 37.4 Å². The average Bonchev–Trinajstić information content (AvgIpc) is 2.32. The van der Waals surface area contributed by atoms with Crippen LogP contribution in [0.1, 0.15) is 16.7 Å². The van der Waals surface area contributed by atoms with Gasteiger partial charge in [0.15, 0.2) is 0 Å². The number of hydrogen-bond donors (Lipinski definition) is 1. The van der Waals surface area contributed by atoms with Crippen LogP contribution in [0, 0.1) is 19.7 Å². The lowest BCUT2D eigenvalue weighted by Gasteiger charge is -2.10. The Balaban J connectivity index is 2.12. The van der Waals surface area contributed by atoms with E-state index in [1.807, 2.05) is 6.07 Å². The van der Waals surface area contributed by atoms with Crippen LogP contribution in [-0.2, 0) is 6.54 Å². The number of rotatable bonds is 3. The van der Waals surface area contributed by atoms with E-state index in [1.54, 1.807) is 12.1 Å². The molecule has 1 N–H and O–H groups in total. The second-order valence-electron chi connectivity index (χ2n) is 4.26. The van der Waals surface area contributed by atoms with Gasteiger partial charge >= 0.3 is 0 Å². The molecule has 0 spiro atoms. The van der Waals surface area contributed by atoms with Crippen molar-refractivity contribution in [3.63, 3.8) is 0 Å². The van der Waals surface area contributed by atoms with E-state index in [1.165, 1.54) is 22.8 Å². The first kappa shape index (κ1) is 11.6. The maximum Gasteiger partial charge on any atom is 0.146 e. The van der Waals surface area contributed by atoms with Crippen molar-refractivity contribution in [2.24, 2.45) is 0 Å². The topological polar surface area (TPSA) is 12.0 Å². The zero-order valence-corrected chi connectivity index (χ0v) is 10.1. The molecule has 88 valence electrons. The Morgan fingerprint density at radius 1 is 1.06 bits per heavy atom. The molecule has 2 aromatic carbocycles. The van der Waals surface area contributed by atoms with E-state index in [0.29, 0.717) is 12.2 Å². The zero-order valence-electron chi connectivity index (χ0n) is 10.1. The molecule has 0 fully saturated rings. The molecule has 0 aliphatic carbocycles. The maximum absolute atomic E-state index is 13.4. The van der Waals surface area contributed by atoms with Crippen molar-refractivity contribution in [1.82, 2.24) is 0 Å². The lowest BCUT2D eigenvalue weighted by molar-refractivity contribution is 0.630. The molecule has 2 heteroatoms. The van der Waals surface area contributed by atoms with E-state index < -0.39 is 0 Å². The van der Waals surface area contributed by atoms with Gasteiger partial charge in [0.1, 0.15) is 5.82 Å². The maximum atomic E-state index is 13.4. The summed E-state index contributed by atoms with van der Waals surface area (Å²) >= 11 is 0. The van der Waals surface area contributed by atoms with Gasteiger partial charge in [-0.25, -0.2) is 4.39 Å². The molecule has 0 atom stereocenters. The lowest BCUT2D eigenvalue weighted by atomic mass is 10.1. The first-order valence-corrected chi connectivity index (χ1v) is 5.71. The van der Waals surface area contributed by atoms with Gasteiger partial charge in [0.2, 0.25) is 0 Å². The van der Waals surface area contributed by atoms with Gasteiger partial charge in [0.25, 0.3) is 0 Å². The predicted octanol–water partition coefficient (Wildman–Crippen LogP) is 4.05. The highest BCUT2D eigenvalue weighted by Crippen LogP contribution is 2.16. The van der Waals surface area contributed by atoms with Crippen LogP contribution in [0.5, 0.6) is 0 Å². The summed E-state index contributed by atoms with van der Waals surface area (Å²) in [7, 11) is 0. The van der Waals surface area contributed by atoms with Gasteiger partial charge in [-0.1, -0.05) is 35.9 Å².